The highest BCUT2D eigenvalue weighted by Crippen LogP contribution is 2.33. The monoisotopic (exact) mass is 426 g/mol. The first-order valence-corrected chi connectivity index (χ1v) is 10.8. The molecule has 0 unspecified atom stereocenters. The third-order valence-corrected chi connectivity index (χ3v) is 5.00. The molecule has 0 atom stereocenters. The number of ether oxygens (including phenoxy) is 2. The number of amides is 2. The molecule has 2 rings (SSSR count). The van der Waals surface area contributed by atoms with E-state index in [9.17, 15) is 9.59 Å². The quantitative estimate of drug-likeness (QED) is 0.542. The zero-order chi connectivity index (χ0) is 23.0. The van der Waals surface area contributed by atoms with Crippen LogP contribution in [0.2, 0.25) is 0 Å². The molecular weight excluding hydrogens is 392 g/mol. The van der Waals surface area contributed by atoms with E-state index in [-0.39, 0.29) is 13.2 Å². The third kappa shape index (κ3) is 7.02. The van der Waals surface area contributed by atoms with Crippen LogP contribution in [0.1, 0.15) is 60.1 Å². The Bertz CT molecular complexity index is 862. The lowest BCUT2D eigenvalue weighted by atomic mass is 9.93. The van der Waals surface area contributed by atoms with Gasteiger partial charge >= 0.3 is 0 Å². The SMILES string of the molecule is CCCc1cc(C)c(OCC(N)=O)c(Cc2cc(CCC)cc(C)c2OCC(N)=O)c1. The smallest absolute Gasteiger partial charge is 0.255 e. The molecule has 6 nitrogen and oxygen atoms in total. The summed E-state index contributed by atoms with van der Waals surface area (Å²) in [6.45, 7) is 7.87. The van der Waals surface area contributed by atoms with Crippen molar-refractivity contribution in [3.8, 4) is 11.5 Å². The molecule has 0 aliphatic carbocycles. The highest BCUT2D eigenvalue weighted by Gasteiger charge is 2.17. The summed E-state index contributed by atoms with van der Waals surface area (Å²) in [5.41, 5.74) is 16.9. The Kier molecular flexibility index (Phi) is 8.91. The Morgan fingerprint density at radius 2 is 1.13 bits per heavy atom. The van der Waals surface area contributed by atoms with Gasteiger partial charge in [0, 0.05) is 6.42 Å². The van der Waals surface area contributed by atoms with Crippen LogP contribution in [0, 0.1) is 13.8 Å². The predicted molar refractivity (Wildman–Crippen MR) is 123 cm³/mol. The van der Waals surface area contributed by atoms with Gasteiger partial charge in [-0.25, -0.2) is 0 Å². The van der Waals surface area contributed by atoms with Crippen LogP contribution < -0.4 is 20.9 Å². The van der Waals surface area contributed by atoms with E-state index < -0.39 is 11.8 Å². The van der Waals surface area contributed by atoms with Crippen LogP contribution in [-0.4, -0.2) is 25.0 Å². The molecule has 0 aliphatic rings. The number of carbonyl (C=O) groups excluding carboxylic acids is 2. The molecule has 2 aromatic rings. The van der Waals surface area contributed by atoms with Gasteiger partial charge in [-0.15, -0.1) is 0 Å². The summed E-state index contributed by atoms with van der Waals surface area (Å²) in [4.78, 5) is 22.6. The fourth-order valence-electron chi connectivity index (χ4n) is 3.89. The molecule has 168 valence electrons. The number of hydrogen-bond acceptors (Lipinski definition) is 4. The summed E-state index contributed by atoms with van der Waals surface area (Å²) in [7, 11) is 0. The number of hydrogen-bond donors (Lipinski definition) is 2. The van der Waals surface area contributed by atoms with Crippen molar-refractivity contribution in [3.05, 3.63) is 57.6 Å². The minimum atomic E-state index is -0.519. The van der Waals surface area contributed by atoms with Crippen molar-refractivity contribution in [2.45, 2.75) is 59.8 Å². The topological polar surface area (TPSA) is 105 Å². The van der Waals surface area contributed by atoms with Crippen molar-refractivity contribution in [1.29, 1.82) is 0 Å². The van der Waals surface area contributed by atoms with E-state index in [4.69, 9.17) is 20.9 Å². The van der Waals surface area contributed by atoms with Gasteiger partial charge < -0.3 is 20.9 Å². The molecule has 0 aromatic heterocycles. The molecule has 0 saturated heterocycles. The molecule has 4 N–H and O–H groups in total. The Morgan fingerprint density at radius 1 is 0.742 bits per heavy atom. The van der Waals surface area contributed by atoms with Crippen molar-refractivity contribution in [2.75, 3.05) is 13.2 Å². The molecule has 0 fully saturated rings. The van der Waals surface area contributed by atoms with E-state index in [1.54, 1.807) is 0 Å². The van der Waals surface area contributed by atoms with Crippen LogP contribution in [-0.2, 0) is 28.9 Å². The van der Waals surface area contributed by atoms with Gasteiger partial charge in [0.15, 0.2) is 13.2 Å². The molecule has 0 heterocycles. The van der Waals surface area contributed by atoms with E-state index in [1.165, 1.54) is 11.1 Å². The standard InChI is InChI=1S/C25H34N2O4/c1-5-7-18-9-16(3)24(30-14-22(26)28)20(11-18)13-21-12-19(8-6-2)10-17(4)25(21)31-15-23(27)29/h9-12H,5-8,13-15H2,1-4H3,(H2,26,28)(H2,27,29). The average Bonchev–Trinajstić information content (AvgIpc) is 2.67. The first-order chi connectivity index (χ1) is 14.7. The van der Waals surface area contributed by atoms with Crippen LogP contribution in [0.15, 0.2) is 24.3 Å². The molecule has 0 bridgehead atoms. The van der Waals surface area contributed by atoms with E-state index in [0.717, 1.165) is 47.9 Å². The van der Waals surface area contributed by atoms with Gasteiger partial charge in [-0.2, -0.15) is 0 Å². The van der Waals surface area contributed by atoms with Crippen molar-refractivity contribution in [1.82, 2.24) is 0 Å². The van der Waals surface area contributed by atoms with Gasteiger partial charge in [-0.3, -0.25) is 9.59 Å². The van der Waals surface area contributed by atoms with E-state index in [2.05, 4.69) is 38.1 Å². The highest BCUT2D eigenvalue weighted by atomic mass is 16.5. The summed E-state index contributed by atoms with van der Waals surface area (Å²) < 4.78 is 11.6. The largest absolute Gasteiger partial charge is 0.483 e. The summed E-state index contributed by atoms with van der Waals surface area (Å²) in [6, 6.07) is 8.41. The highest BCUT2D eigenvalue weighted by molar-refractivity contribution is 5.76. The first kappa shape index (κ1) is 24.3. The van der Waals surface area contributed by atoms with Crippen molar-refractivity contribution in [2.24, 2.45) is 11.5 Å². The number of rotatable bonds is 12. The second-order valence-electron chi connectivity index (χ2n) is 7.99. The van der Waals surface area contributed by atoms with Gasteiger partial charge in [0.1, 0.15) is 11.5 Å². The number of carbonyl (C=O) groups is 2. The molecule has 2 aromatic carbocycles. The van der Waals surface area contributed by atoms with E-state index >= 15 is 0 Å². The van der Waals surface area contributed by atoms with Gasteiger partial charge in [0.2, 0.25) is 0 Å². The van der Waals surface area contributed by atoms with Crippen LogP contribution >= 0.6 is 0 Å². The lowest BCUT2D eigenvalue weighted by Gasteiger charge is -2.19. The van der Waals surface area contributed by atoms with E-state index in [1.807, 2.05) is 13.8 Å². The van der Waals surface area contributed by atoms with Gasteiger partial charge in [-0.1, -0.05) is 51.0 Å². The lowest BCUT2D eigenvalue weighted by Crippen LogP contribution is -2.21. The average molecular weight is 427 g/mol. The van der Waals surface area contributed by atoms with E-state index in [0.29, 0.717) is 17.9 Å². The second kappa shape index (κ2) is 11.4. The Hall–Kier alpha value is -3.02. The Balaban J connectivity index is 2.54. The molecule has 31 heavy (non-hydrogen) atoms. The maximum atomic E-state index is 11.3. The van der Waals surface area contributed by atoms with Gasteiger partial charge in [0.25, 0.3) is 11.8 Å². The summed E-state index contributed by atoms with van der Waals surface area (Å²) in [6.07, 6.45) is 4.49. The number of aryl methyl sites for hydroxylation is 4. The van der Waals surface area contributed by atoms with Gasteiger partial charge in [-0.05, 0) is 60.1 Å². The molecule has 0 spiro atoms. The van der Waals surface area contributed by atoms with Gasteiger partial charge in [0.05, 0.1) is 0 Å². The fraction of sp³-hybridized carbons (Fsp3) is 0.440. The fourth-order valence-corrected chi connectivity index (χ4v) is 3.89. The molecule has 2 amide bonds. The molecule has 0 saturated carbocycles. The van der Waals surface area contributed by atoms with Crippen molar-refractivity contribution in [3.63, 3.8) is 0 Å². The Morgan fingerprint density at radius 3 is 1.45 bits per heavy atom. The Labute approximate surface area is 184 Å². The number of primary amides is 2. The summed E-state index contributed by atoms with van der Waals surface area (Å²) >= 11 is 0. The second-order valence-corrected chi connectivity index (χ2v) is 7.99. The molecule has 0 radical (unpaired) electrons. The maximum absolute atomic E-state index is 11.3. The number of nitrogens with two attached hydrogens (primary N) is 2. The predicted octanol–water partition coefficient (Wildman–Crippen LogP) is 3.53. The zero-order valence-electron chi connectivity index (χ0n) is 19.0. The van der Waals surface area contributed by atoms with Crippen molar-refractivity contribution >= 4 is 11.8 Å². The third-order valence-electron chi connectivity index (χ3n) is 5.00. The van der Waals surface area contributed by atoms with Crippen LogP contribution in [0.5, 0.6) is 11.5 Å². The summed E-state index contributed by atoms with van der Waals surface area (Å²) in [5.74, 6) is 0.291. The normalized spacial score (nSPS) is 10.7. The summed E-state index contributed by atoms with van der Waals surface area (Å²) in [5, 5.41) is 0. The molecule has 0 aliphatic heterocycles. The lowest BCUT2D eigenvalue weighted by molar-refractivity contribution is -0.120. The van der Waals surface area contributed by atoms with Crippen LogP contribution in [0.4, 0.5) is 0 Å². The van der Waals surface area contributed by atoms with Crippen LogP contribution in [0.3, 0.4) is 0 Å². The zero-order valence-corrected chi connectivity index (χ0v) is 19.0. The first-order valence-electron chi connectivity index (χ1n) is 10.8. The molecular formula is C25H34N2O4. The minimum Gasteiger partial charge on any atom is -0.483 e. The maximum Gasteiger partial charge on any atom is 0.255 e. The van der Waals surface area contributed by atoms with Crippen molar-refractivity contribution < 1.29 is 19.1 Å². The van der Waals surface area contributed by atoms with Crippen LogP contribution in [0.25, 0.3) is 0 Å². The molecule has 6 heteroatoms. The number of benzene rings is 2. The minimum absolute atomic E-state index is 0.180.